The van der Waals surface area contributed by atoms with Gasteiger partial charge >= 0.3 is 6.18 Å². The number of aromatic amines is 1. The standard InChI is InChI=1S/C29H35F3N8/c1-17(2)23-14-33-10-11-40(23)15-22-27-21(13-24(35-22)29(30,31)32)26(36-37-27)20-9-5-8-19(12-20)25(18-6-4-7-18)28-38-34-16-39(28)3/h5,8-9,12-13,16-18,23,25,33H,4,6-7,10-11,14-15H2,1-3H3,(H,36,37)/t23-,25-/m1/s1. The summed E-state index contributed by atoms with van der Waals surface area (Å²) in [6, 6.07) is 9.32. The molecule has 4 heterocycles. The molecule has 1 saturated heterocycles. The van der Waals surface area contributed by atoms with Gasteiger partial charge in [-0.25, -0.2) is 4.98 Å². The predicted molar refractivity (Wildman–Crippen MR) is 146 cm³/mol. The molecule has 0 unspecified atom stereocenters. The van der Waals surface area contributed by atoms with E-state index in [0.717, 1.165) is 55.5 Å². The van der Waals surface area contributed by atoms with Crippen LogP contribution in [0.2, 0.25) is 0 Å². The Morgan fingerprint density at radius 1 is 1.15 bits per heavy atom. The highest BCUT2D eigenvalue weighted by Gasteiger charge is 2.36. The number of piperazine rings is 1. The van der Waals surface area contributed by atoms with Gasteiger partial charge < -0.3 is 9.88 Å². The van der Waals surface area contributed by atoms with Crippen molar-refractivity contribution in [2.45, 2.75) is 57.8 Å². The third-order valence-electron chi connectivity index (χ3n) is 8.61. The maximum Gasteiger partial charge on any atom is 0.433 e. The number of hydrogen-bond donors (Lipinski definition) is 2. The fraction of sp³-hybridized carbons (Fsp3) is 0.517. The van der Waals surface area contributed by atoms with Crippen LogP contribution in [0.4, 0.5) is 13.2 Å². The summed E-state index contributed by atoms with van der Waals surface area (Å²) in [4.78, 5) is 6.35. The first-order chi connectivity index (χ1) is 19.2. The summed E-state index contributed by atoms with van der Waals surface area (Å²) in [5.41, 5.74) is 2.37. The molecule has 2 N–H and O–H groups in total. The van der Waals surface area contributed by atoms with Gasteiger partial charge in [0.2, 0.25) is 0 Å². The van der Waals surface area contributed by atoms with Gasteiger partial charge in [0.1, 0.15) is 23.5 Å². The zero-order chi connectivity index (χ0) is 28.0. The van der Waals surface area contributed by atoms with E-state index in [9.17, 15) is 13.2 Å². The van der Waals surface area contributed by atoms with Crippen LogP contribution in [0, 0.1) is 11.8 Å². The van der Waals surface area contributed by atoms with Crippen LogP contribution in [0.3, 0.4) is 0 Å². The SMILES string of the molecule is CC(C)[C@H]1CNCCN1Cc1nc(C(F)(F)F)cc2c(-c3cccc([C@H](c4nncn4C)C4CCC4)c3)n[nH]c12. The van der Waals surface area contributed by atoms with E-state index in [1.165, 1.54) is 6.42 Å². The number of hydrogen-bond acceptors (Lipinski definition) is 6. The van der Waals surface area contributed by atoms with Gasteiger partial charge in [-0.15, -0.1) is 10.2 Å². The van der Waals surface area contributed by atoms with Crippen molar-refractivity contribution in [3.05, 3.63) is 59.4 Å². The smallest absolute Gasteiger partial charge is 0.320 e. The maximum atomic E-state index is 14.1. The van der Waals surface area contributed by atoms with Crippen LogP contribution < -0.4 is 5.32 Å². The minimum absolute atomic E-state index is 0.0649. The molecule has 11 heteroatoms. The van der Waals surface area contributed by atoms with Crippen LogP contribution >= 0.6 is 0 Å². The monoisotopic (exact) mass is 552 g/mol. The Morgan fingerprint density at radius 2 is 1.98 bits per heavy atom. The summed E-state index contributed by atoms with van der Waals surface area (Å²) in [5.74, 6) is 1.77. The normalized spacial score (nSPS) is 19.8. The van der Waals surface area contributed by atoms with Crippen molar-refractivity contribution in [2.24, 2.45) is 18.9 Å². The van der Waals surface area contributed by atoms with E-state index in [4.69, 9.17) is 0 Å². The third-order valence-corrected chi connectivity index (χ3v) is 8.61. The summed E-state index contributed by atoms with van der Waals surface area (Å²) in [6.45, 7) is 6.94. The average Bonchev–Trinajstić information content (AvgIpc) is 3.52. The maximum absolute atomic E-state index is 14.1. The molecule has 1 aromatic carbocycles. The van der Waals surface area contributed by atoms with Crippen molar-refractivity contribution in [3.8, 4) is 11.3 Å². The lowest BCUT2D eigenvalue weighted by molar-refractivity contribution is -0.141. The zero-order valence-corrected chi connectivity index (χ0v) is 23.0. The number of nitrogens with zero attached hydrogens (tertiary/aromatic N) is 6. The second kappa shape index (κ2) is 10.6. The van der Waals surface area contributed by atoms with Crippen LogP contribution in [0.5, 0.6) is 0 Å². The number of aromatic nitrogens is 6. The first-order valence-electron chi connectivity index (χ1n) is 14.0. The van der Waals surface area contributed by atoms with Crippen molar-refractivity contribution in [1.29, 1.82) is 0 Å². The summed E-state index contributed by atoms with van der Waals surface area (Å²) >= 11 is 0. The molecule has 1 aliphatic carbocycles. The molecular weight excluding hydrogens is 517 g/mol. The third kappa shape index (κ3) is 5.01. The number of halogens is 3. The molecule has 0 amide bonds. The van der Waals surface area contributed by atoms with E-state index in [1.54, 1.807) is 6.33 Å². The highest BCUT2D eigenvalue weighted by atomic mass is 19.4. The number of nitrogens with one attached hydrogen (secondary N) is 2. The number of alkyl halides is 3. The first kappa shape index (κ1) is 26.9. The lowest BCUT2D eigenvalue weighted by Gasteiger charge is -2.38. The predicted octanol–water partition coefficient (Wildman–Crippen LogP) is 5.13. The lowest BCUT2D eigenvalue weighted by Crippen LogP contribution is -2.53. The number of pyridine rings is 1. The molecular formula is C29H35F3N8. The highest BCUT2D eigenvalue weighted by molar-refractivity contribution is 5.94. The van der Waals surface area contributed by atoms with Crippen LogP contribution in [-0.4, -0.2) is 60.5 Å². The lowest BCUT2D eigenvalue weighted by atomic mass is 9.72. The van der Waals surface area contributed by atoms with Gasteiger partial charge in [-0.05, 0) is 42.4 Å². The Morgan fingerprint density at radius 3 is 2.65 bits per heavy atom. The zero-order valence-electron chi connectivity index (χ0n) is 23.0. The molecule has 0 radical (unpaired) electrons. The van der Waals surface area contributed by atoms with Gasteiger partial charge in [-0.3, -0.25) is 10.00 Å². The van der Waals surface area contributed by atoms with Crippen LogP contribution in [0.25, 0.3) is 22.2 Å². The van der Waals surface area contributed by atoms with Crippen LogP contribution in [0.15, 0.2) is 36.7 Å². The molecule has 2 fully saturated rings. The Kier molecular flexibility index (Phi) is 7.12. The molecule has 4 aromatic rings. The Hall–Kier alpha value is -3.31. The molecule has 3 aromatic heterocycles. The second-order valence-electron chi connectivity index (χ2n) is 11.5. The van der Waals surface area contributed by atoms with Crippen molar-refractivity contribution in [1.82, 2.24) is 40.2 Å². The van der Waals surface area contributed by atoms with Crippen molar-refractivity contribution in [3.63, 3.8) is 0 Å². The van der Waals surface area contributed by atoms with E-state index < -0.39 is 11.9 Å². The highest BCUT2D eigenvalue weighted by Crippen LogP contribution is 2.43. The molecule has 2 aliphatic rings. The van der Waals surface area contributed by atoms with E-state index in [2.05, 4.69) is 55.5 Å². The number of H-pyrrole nitrogens is 1. The second-order valence-corrected chi connectivity index (χ2v) is 11.5. The topological polar surface area (TPSA) is 87.5 Å². The van der Waals surface area contributed by atoms with Crippen LogP contribution in [0.1, 0.15) is 61.8 Å². The molecule has 1 aliphatic heterocycles. The summed E-state index contributed by atoms with van der Waals surface area (Å²) < 4.78 is 44.2. The molecule has 8 nitrogen and oxygen atoms in total. The minimum atomic E-state index is -4.57. The molecule has 0 spiro atoms. The first-order valence-corrected chi connectivity index (χ1v) is 14.0. The van der Waals surface area contributed by atoms with Gasteiger partial charge in [0.25, 0.3) is 0 Å². The van der Waals surface area contributed by atoms with Gasteiger partial charge in [-0.1, -0.05) is 38.5 Å². The molecule has 2 atom stereocenters. The number of fused-ring (bicyclic) bond motifs is 1. The number of aryl methyl sites for hydroxylation is 1. The van der Waals surface area contributed by atoms with E-state index in [-0.39, 0.29) is 12.0 Å². The Labute approximate surface area is 231 Å². The molecule has 0 bridgehead atoms. The fourth-order valence-corrected chi connectivity index (χ4v) is 6.23. The largest absolute Gasteiger partial charge is 0.433 e. The summed E-state index contributed by atoms with van der Waals surface area (Å²) in [7, 11) is 1.95. The van der Waals surface area contributed by atoms with Crippen molar-refractivity contribution >= 4 is 10.9 Å². The molecule has 40 heavy (non-hydrogen) atoms. The molecule has 1 saturated carbocycles. The number of benzene rings is 1. The van der Waals surface area contributed by atoms with Gasteiger partial charge in [-0.2, -0.15) is 18.3 Å². The van der Waals surface area contributed by atoms with Gasteiger partial charge in [0, 0.05) is 56.1 Å². The van der Waals surface area contributed by atoms with Crippen molar-refractivity contribution in [2.75, 3.05) is 19.6 Å². The van der Waals surface area contributed by atoms with E-state index >= 15 is 0 Å². The minimum Gasteiger partial charge on any atom is -0.320 e. The quantitative estimate of drug-likeness (QED) is 0.331. The summed E-state index contributed by atoms with van der Waals surface area (Å²) in [5, 5.41) is 20.0. The van der Waals surface area contributed by atoms with Crippen LogP contribution in [-0.2, 0) is 19.8 Å². The fourth-order valence-electron chi connectivity index (χ4n) is 6.23. The Balaban J connectivity index is 1.43. The molecule has 212 valence electrons. The van der Waals surface area contributed by atoms with E-state index in [0.29, 0.717) is 40.7 Å². The Bertz CT molecular complexity index is 1490. The molecule has 6 rings (SSSR count). The van der Waals surface area contributed by atoms with Crippen molar-refractivity contribution < 1.29 is 13.2 Å². The summed E-state index contributed by atoms with van der Waals surface area (Å²) in [6.07, 6.45) is 0.548. The van der Waals surface area contributed by atoms with Gasteiger partial charge in [0.15, 0.2) is 0 Å². The number of rotatable bonds is 7. The van der Waals surface area contributed by atoms with E-state index in [1.807, 2.05) is 29.8 Å². The van der Waals surface area contributed by atoms with Gasteiger partial charge in [0.05, 0.1) is 11.2 Å². The average molecular weight is 553 g/mol.